The third-order valence-electron chi connectivity index (χ3n) is 4.01. The number of fused-ring (bicyclic) bond motifs is 3. The highest BCUT2D eigenvalue weighted by Crippen LogP contribution is 2.29. The summed E-state index contributed by atoms with van der Waals surface area (Å²) in [5, 5.41) is 0. The highest BCUT2D eigenvalue weighted by molar-refractivity contribution is 6.01. The van der Waals surface area contributed by atoms with E-state index < -0.39 is 5.97 Å². The zero-order chi connectivity index (χ0) is 16.7. The molecule has 0 aliphatic rings. The summed E-state index contributed by atoms with van der Waals surface area (Å²) in [5.41, 5.74) is 2.50. The number of esters is 1. The first-order chi connectivity index (χ1) is 11.0. The van der Waals surface area contributed by atoms with Crippen LogP contribution in [0.15, 0.2) is 29.1 Å². The fourth-order valence-electron chi connectivity index (χ4n) is 3.00. The number of carbonyl (C=O) groups is 1. The van der Waals surface area contributed by atoms with E-state index in [2.05, 4.69) is 0 Å². The molecule has 6 nitrogen and oxygen atoms in total. The molecule has 0 atom stereocenters. The Morgan fingerprint density at radius 3 is 2.48 bits per heavy atom. The van der Waals surface area contributed by atoms with E-state index in [1.165, 1.54) is 7.11 Å². The number of hydrogen-bond acceptors (Lipinski definition) is 4. The molecule has 0 saturated heterocycles. The number of methoxy groups -OCH3 is 1. The number of benzene rings is 1. The number of rotatable bonds is 3. The van der Waals surface area contributed by atoms with Crippen molar-refractivity contribution in [3.63, 3.8) is 0 Å². The normalized spacial score (nSPS) is 11.1. The van der Waals surface area contributed by atoms with Crippen LogP contribution in [0.2, 0.25) is 0 Å². The molecule has 0 unspecified atom stereocenters. The van der Waals surface area contributed by atoms with Crippen molar-refractivity contribution >= 4 is 22.6 Å². The lowest BCUT2D eigenvalue weighted by atomic mass is 10.1. The molecule has 0 radical (unpaired) electrons. The molecular formula is C17H18N2O4. The number of aryl methyl sites for hydroxylation is 1. The number of aromatic nitrogens is 2. The van der Waals surface area contributed by atoms with E-state index in [1.54, 1.807) is 18.2 Å². The van der Waals surface area contributed by atoms with Crippen LogP contribution < -0.4 is 10.3 Å². The minimum absolute atomic E-state index is 0.207. The van der Waals surface area contributed by atoms with E-state index in [9.17, 15) is 9.59 Å². The van der Waals surface area contributed by atoms with Crippen molar-refractivity contribution in [3.8, 4) is 5.75 Å². The van der Waals surface area contributed by atoms with Crippen molar-refractivity contribution in [3.05, 3.63) is 45.7 Å². The van der Waals surface area contributed by atoms with Gasteiger partial charge >= 0.3 is 5.97 Å². The number of nitrogens with zero attached hydrogens (tertiary/aromatic N) is 2. The first kappa shape index (κ1) is 15.1. The van der Waals surface area contributed by atoms with Crippen molar-refractivity contribution in [1.29, 1.82) is 0 Å². The summed E-state index contributed by atoms with van der Waals surface area (Å²) < 4.78 is 13.9. The van der Waals surface area contributed by atoms with Crippen LogP contribution >= 0.6 is 0 Å². The molecular weight excluding hydrogens is 296 g/mol. The third-order valence-corrected chi connectivity index (χ3v) is 4.01. The first-order valence-electron chi connectivity index (χ1n) is 7.36. The summed E-state index contributed by atoms with van der Waals surface area (Å²) in [6.45, 7) is 3.64. The fourth-order valence-corrected chi connectivity index (χ4v) is 3.00. The quantitative estimate of drug-likeness (QED) is 0.696. The number of ether oxygens (including phenoxy) is 2. The molecule has 0 saturated carbocycles. The zero-order valence-electron chi connectivity index (χ0n) is 13.5. The summed E-state index contributed by atoms with van der Waals surface area (Å²) in [4.78, 5) is 25.3. The van der Waals surface area contributed by atoms with E-state index in [1.807, 2.05) is 35.9 Å². The Bertz CT molecular complexity index is 982. The minimum Gasteiger partial charge on any atom is -0.495 e. The van der Waals surface area contributed by atoms with E-state index in [4.69, 9.17) is 9.47 Å². The number of para-hydroxylation sites is 2. The molecule has 2 aromatic heterocycles. The molecule has 23 heavy (non-hydrogen) atoms. The van der Waals surface area contributed by atoms with Crippen LogP contribution in [0.5, 0.6) is 5.75 Å². The van der Waals surface area contributed by atoms with Gasteiger partial charge in [0.05, 0.1) is 30.3 Å². The molecule has 6 heteroatoms. The molecule has 0 spiro atoms. The van der Waals surface area contributed by atoms with Gasteiger partial charge in [0, 0.05) is 7.05 Å². The van der Waals surface area contributed by atoms with Crippen molar-refractivity contribution < 1.29 is 14.3 Å². The van der Waals surface area contributed by atoms with Crippen molar-refractivity contribution in [2.45, 2.75) is 13.8 Å². The molecule has 0 amide bonds. The lowest BCUT2D eigenvalue weighted by Gasteiger charge is -2.13. The second-order valence-electron chi connectivity index (χ2n) is 5.27. The smallest absolute Gasteiger partial charge is 0.345 e. The molecule has 120 valence electrons. The van der Waals surface area contributed by atoms with Crippen LogP contribution in [-0.2, 0) is 11.8 Å². The number of hydrogen-bond donors (Lipinski definition) is 0. The fraction of sp³-hybridized carbons (Fsp3) is 0.294. The van der Waals surface area contributed by atoms with Crippen LogP contribution in [0.3, 0.4) is 0 Å². The Morgan fingerprint density at radius 1 is 1.22 bits per heavy atom. The Balaban J connectivity index is 2.61. The molecule has 3 rings (SSSR count). The maximum Gasteiger partial charge on any atom is 0.345 e. The molecule has 0 aliphatic carbocycles. The highest BCUT2D eigenvalue weighted by Gasteiger charge is 2.26. The standard InChI is InChI=1S/C17H18N2O4/c1-5-23-17(21)13-14(22-4)10(2)16(20)19-12-9-7-6-8-11(12)18(3)15(13)19/h6-9H,5H2,1-4H3. The Labute approximate surface area is 132 Å². The maximum absolute atomic E-state index is 12.8. The predicted octanol–water partition coefficient (Wildman–Crippen LogP) is 2.28. The molecule has 1 aromatic carbocycles. The summed E-state index contributed by atoms with van der Waals surface area (Å²) in [5.74, 6) is -0.241. The Hall–Kier alpha value is -2.76. The van der Waals surface area contributed by atoms with Crippen LogP contribution in [0, 0.1) is 6.92 Å². The lowest BCUT2D eigenvalue weighted by molar-refractivity contribution is 0.0524. The molecule has 0 N–H and O–H groups in total. The van der Waals surface area contributed by atoms with Crippen LogP contribution in [0.1, 0.15) is 22.8 Å². The van der Waals surface area contributed by atoms with E-state index in [0.717, 1.165) is 11.0 Å². The topological polar surface area (TPSA) is 61.9 Å². The monoisotopic (exact) mass is 314 g/mol. The zero-order valence-corrected chi connectivity index (χ0v) is 13.5. The first-order valence-corrected chi connectivity index (χ1v) is 7.36. The Morgan fingerprint density at radius 2 is 1.87 bits per heavy atom. The van der Waals surface area contributed by atoms with Gasteiger partial charge in [0.25, 0.3) is 5.56 Å². The van der Waals surface area contributed by atoms with Gasteiger partial charge in [-0.15, -0.1) is 0 Å². The lowest BCUT2D eigenvalue weighted by Crippen LogP contribution is -2.22. The predicted molar refractivity (Wildman–Crippen MR) is 87.4 cm³/mol. The molecule has 3 aromatic rings. The van der Waals surface area contributed by atoms with Crippen molar-refractivity contribution in [1.82, 2.24) is 8.97 Å². The van der Waals surface area contributed by atoms with Gasteiger partial charge in [0.15, 0.2) is 0 Å². The highest BCUT2D eigenvalue weighted by atomic mass is 16.5. The van der Waals surface area contributed by atoms with Gasteiger partial charge in [0.1, 0.15) is 17.0 Å². The van der Waals surface area contributed by atoms with E-state index in [-0.39, 0.29) is 23.5 Å². The van der Waals surface area contributed by atoms with Crippen molar-refractivity contribution in [2.75, 3.05) is 13.7 Å². The van der Waals surface area contributed by atoms with Crippen LogP contribution in [0.4, 0.5) is 0 Å². The number of imidazole rings is 1. The van der Waals surface area contributed by atoms with E-state index in [0.29, 0.717) is 11.2 Å². The largest absolute Gasteiger partial charge is 0.495 e. The molecule has 2 heterocycles. The maximum atomic E-state index is 12.8. The summed E-state index contributed by atoms with van der Waals surface area (Å²) in [6, 6.07) is 7.50. The number of carbonyl (C=O) groups excluding carboxylic acids is 1. The average molecular weight is 314 g/mol. The summed E-state index contributed by atoms with van der Waals surface area (Å²) >= 11 is 0. The SMILES string of the molecule is CCOC(=O)c1c(OC)c(C)c(=O)n2c3ccccc3n(C)c12. The third kappa shape index (κ3) is 2.02. The van der Waals surface area contributed by atoms with Gasteiger partial charge in [0.2, 0.25) is 0 Å². The second-order valence-corrected chi connectivity index (χ2v) is 5.27. The second kappa shape index (κ2) is 5.46. The minimum atomic E-state index is -0.504. The van der Waals surface area contributed by atoms with Gasteiger partial charge in [-0.2, -0.15) is 0 Å². The van der Waals surface area contributed by atoms with Gasteiger partial charge in [-0.3, -0.25) is 9.20 Å². The van der Waals surface area contributed by atoms with Gasteiger partial charge in [-0.05, 0) is 26.0 Å². The number of pyridine rings is 1. The van der Waals surface area contributed by atoms with Gasteiger partial charge in [-0.1, -0.05) is 12.1 Å². The average Bonchev–Trinajstić information content (AvgIpc) is 2.84. The van der Waals surface area contributed by atoms with Crippen molar-refractivity contribution in [2.24, 2.45) is 7.05 Å². The van der Waals surface area contributed by atoms with Gasteiger partial charge < -0.3 is 14.0 Å². The van der Waals surface area contributed by atoms with Gasteiger partial charge in [-0.25, -0.2) is 4.79 Å². The van der Waals surface area contributed by atoms with Crippen LogP contribution in [0.25, 0.3) is 16.7 Å². The Kier molecular flexibility index (Phi) is 3.60. The molecule has 0 aliphatic heterocycles. The summed E-state index contributed by atoms with van der Waals surface area (Å²) in [7, 11) is 3.26. The summed E-state index contributed by atoms with van der Waals surface area (Å²) in [6.07, 6.45) is 0. The van der Waals surface area contributed by atoms with Crippen LogP contribution in [-0.4, -0.2) is 28.7 Å². The molecule has 0 fully saturated rings. The molecule has 0 bridgehead atoms. The van der Waals surface area contributed by atoms with E-state index >= 15 is 0 Å².